The Balaban J connectivity index is 1.47. The zero-order valence-corrected chi connectivity index (χ0v) is 20.4. The molecule has 1 amide bonds. The molecule has 2 heterocycles. The fraction of sp³-hybridized carbons (Fsp3) is 0.400. The number of aryl methyl sites for hydroxylation is 1. The molecule has 3 aromatic rings. The number of esters is 1. The zero-order valence-electron chi connectivity index (χ0n) is 19.6. The van der Waals surface area contributed by atoms with Gasteiger partial charge in [0, 0.05) is 18.3 Å². The molecule has 4 rings (SSSR count). The van der Waals surface area contributed by atoms with Crippen LogP contribution in [0.5, 0.6) is 0 Å². The summed E-state index contributed by atoms with van der Waals surface area (Å²) in [5.41, 5.74) is 2.79. The van der Waals surface area contributed by atoms with Crippen molar-refractivity contribution in [2.24, 2.45) is 5.92 Å². The zero-order chi connectivity index (χ0) is 24.5. The van der Waals surface area contributed by atoms with Crippen molar-refractivity contribution < 1.29 is 22.7 Å². The molecule has 0 unspecified atom stereocenters. The highest BCUT2D eigenvalue weighted by Crippen LogP contribution is 2.23. The number of aromatic nitrogens is 2. The molecule has 0 N–H and O–H groups in total. The molecule has 1 aliphatic rings. The van der Waals surface area contributed by atoms with Crippen molar-refractivity contribution in [1.82, 2.24) is 14.5 Å². The number of hydrogen-bond donors (Lipinski definition) is 0. The summed E-state index contributed by atoms with van der Waals surface area (Å²) in [6, 6.07) is 14.6. The molecule has 34 heavy (non-hydrogen) atoms. The number of carbonyl (C=O) groups is 2. The fourth-order valence-electron chi connectivity index (χ4n) is 4.39. The van der Waals surface area contributed by atoms with Crippen LogP contribution in [-0.4, -0.2) is 65.4 Å². The van der Waals surface area contributed by atoms with E-state index in [1.807, 2.05) is 61.7 Å². The second-order valence-electron chi connectivity index (χ2n) is 9.11. The van der Waals surface area contributed by atoms with Gasteiger partial charge >= 0.3 is 5.97 Å². The smallest absolute Gasteiger partial charge is 0.338 e. The topological polar surface area (TPSA) is 98.6 Å². The summed E-state index contributed by atoms with van der Waals surface area (Å²) in [5, 5.41) is 0. The molecular formula is C25H29N3O5S. The number of amides is 1. The van der Waals surface area contributed by atoms with E-state index in [0.29, 0.717) is 24.0 Å². The van der Waals surface area contributed by atoms with E-state index in [4.69, 9.17) is 4.74 Å². The lowest BCUT2D eigenvalue weighted by atomic mass is 10.1. The van der Waals surface area contributed by atoms with Crippen molar-refractivity contribution in [2.45, 2.75) is 33.2 Å². The van der Waals surface area contributed by atoms with Crippen LogP contribution < -0.4 is 0 Å². The van der Waals surface area contributed by atoms with Gasteiger partial charge in [-0.1, -0.05) is 32.0 Å². The average molecular weight is 484 g/mol. The number of fused-ring (bicyclic) bond motifs is 1. The number of para-hydroxylation sites is 1. The molecule has 180 valence electrons. The number of hydrogen-bond acceptors (Lipinski definition) is 6. The Morgan fingerprint density at radius 1 is 1.18 bits per heavy atom. The first-order valence-corrected chi connectivity index (χ1v) is 13.2. The average Bonchev–Trinajstić information content (AvgIpc) is 3.33. The summed E-state index contributed by atoms with van der Waals surface area (Å²) in [6.07, 6.45) is 0.412. The molecule has 1 saturated heterocycles. The number of carbonyl (C=O) groups excluding carboxylic acids is 2. The van der Waals surface area contributed by atoms with Crippen LogP contribution in [0, 0.1) is 12.8 Å². The summed E-state index contributed by atoms with van der Waals surface area (Å²) in [6.45, 7) is 5.80. The summed E-state index contributed by atoms with van der Waals surface area (Å²) in [7, 11) is -3.14. The van der Waals surface area contributed by atoms with Gasteiger partial charge < -0.3 is 9.64 Å². The van der Waals surface area contributed by atoms with Gasteiger partial charge in [0.15, 0.2) is 16.4 Å². The van der Waals surface area contributed by atoms with Crippen molar-refractivity contribution in [1.29, 1.82) is 0 Å². The van der Waals surface area contributed by atoms with Crippen LogP contribution in [0.2, 0.25) is 0 Å². The Morgan fingerprint density at radius 3 is 2.56 bits per heavy atom. The third-order valence-electron chi connectivity index (χ3n) is 5.93. The van der Waals surface area contributed by atoms with E-state index in [1.54, 1.807) is 17.0 Å². The standard InChI is InChI=1S/C25H29N3O5S/c1-17(2)14-27(21-11-12-34(31,32)16-21)24(29)15-33-25(30)19-9-10-23-22(13-19)26-18(3)28(23)20-7-5-4-6-8-20/h4-10,13,17,21H,11-12,14-16H2,1-3H3/t21-/m0/s1. The van der Waals surface area contributed by atoms with Gasteiger partial charge in [0.25, 0.3) is 5.91 Å². The molecule has 1 fully saturated rings. The third-order valence-corrected chi connectivity index (χ3v) is 7.68. The second-order valence-corrected chi connectivity index (χ2v) is 11.3. The van der Waals surface area contributed by atoms with Crippen LogP contribution >= 0.6 is 0 Å². The molecule has 8 nitrogen and oxygen atoms in total. The lowest BCUT2D eigenvalue weighted by molar-refractivity contribution is -0.137. The van der Waals surface area contributed by atoms with Gasteiger partial charge in [0.05, 0.1) is 28.1 Å². The van der Waals surface area contributed by atoms with Gasteiger partial charge in [0.2, 0.25) is 0 Å². The predicted octanol–water partition coefficient (Wildman–Crippen LogP) is 3.16. The minimum Gasteiger partial charge on any atom is -0.452 e. The molecule has 2 aromatic carbocycles. The van der Waals surface area contributed by atoms with E-state index in [2.05, 4.69) is 4.98 Å². The monoisotopic (exact) mass is 483 g/mol. The van der Waals surface area contributed by atoms with Crippen molar-refractivity contribution in [2.75, 3.05) is 24.7 Å². The molecule has 0 radical (unpaired) electrons. The van der Waals surface area contributed by atoms with Crippen molar-refractivity contribution in [3.05, 3.63) is 59.9 Å². The molecule has 1 aromatic heterocycles. The van der Waals surface area contributed by atoms with Crippen LogP contribution in [0.3, 0.4) is 0 Å². The minimum atomic E-state index is -3.14. The first-order chi connectivity index (χ1) is 16.1. The number of ether oxygens (including phenoxy) is 1. The Bertz CT molecular complexity index is 1320. The third kappa shape index (κ3) is 5.14. The van der Waals surface area contributed by atoms with Gasteiger partial charge in [-0.3, -0.25) is 9.36 Å². The molecule has 0 saturated carbocycles. The van der Waals surface area contributed by atoms with E-state index in [1.165, 1.54) is 0 Å². The van der Waals surface area contributed by atoms with Crippen LogP contribution in [0.1, 0.15) is 36.5 Å². The van der Waals surface area contributed by atoms with E-state index in [0.717, 1.165) is 17.0 Å². The SMILES string of the molecule is Cc1nc2cc(C(=O)OCC(=O)N(CC(C)C)[C@H]3CCS(=O)(=O)C3)ccc2n1-c1ccccc1. The largest absolute Gasteiger partial charge is 0.452 e. The summed E-state index contributed by atoms with van der Waals surface area (Å²) in [4.78, 5) is 31.7. The Morgan fingerprint density at radius 2 is 1.91 bits per heavy atom. The second kappa shape index (κ2) is 9.58. The first-order valence-electron chi connectivity index (χ1n) is 11.4. The molecule has 1 aliphatic heterocycles. The van der Waals surface area contributed by atoms with Crippen molar-refractivity contribution in [3.63, 3.8) is 0 Å². The predicted molar refractivity (Wildman–Crippen MR) is 130 cm³/mol. The molecule has 1 atom stereocenters. The van der Waals surface area contributed by atoms with Crippen LogP contribution in [-0.2, 0) is 19.4 Å². The van der Waals surface area contributed by atoms with Crippen LogP contribution in [0.15, 0.2) is 48.5 Å². The molecule has 0 bridgehead atoms. The minimum absolute atomic E-state index is 0.0422. The Hall–Kier alpha value is -3.20. The molecular weight excluding hydrogens is 454 g/mol. The van der Waals surface area contributed by atoms with Crippen LogP contribution in [0.4, 0.5) is 0 Å². The summed E-state index contributed by atoms with van der Waals surface area (Å²) >= 11 is 0. The van der Waals surface area contributed by atoms with Gasteiger partial charge in [-0.2, -0.15) is 0 Å². The molecule has 0 aliphatic carbocycles. The Kier molecular flexibility index (Phi) is 6.74. The Labute approximate surface area is 199 Å². The van der Waals surface area contributed by atoms with Gasteiger partial charge in [-0.25, -0.2) is 18.2 Å². The van der Waals surface area contributed by atoms with Gasteiger partial charge in [0.1, 0.15) is 5.82 Å². The quantitative estimate of drug-likeness (QED) is 0.479. The van der Waals surface area contributed by atoms with Crippen molar-refractivity contribution in [3.8, 4) is 5.69 Å². The number of benzene rings is 2. The van der Waals surface area contributed by atoms with Crippen molar-refractivity contribution >= 4 is 32.7 Å². The summed E-state index contributed by atoms with van der Waals surface area (Å²) in [5.74, 6) is -0.0142. The highest BCUT2D eigenvalue weighted by Gasteiger charge is 2.35. The fourth-order valence-corrected chi connectivity index (χ4v) is 6.12. The summed E-state index contributed by atoms with van der Waals surface area (Å²) < 4.78 is 31.1. The molecule has 0 spiro atoms. The maximum Gasteiger partial charge on any atom is 0.338 e. The first kappa shape index (κ1) is 23.9. The highest BCUT2D eigenvalue weighted by atomic mass is 32.2. The van der Waals surface area contributed by atoms with Gasteiger partial charge in [-0.05, 0) is 49.6 Å². The van der Waals surface area contributed by atoms with E-state index >= 15 is 0 Å². The number of imidazole rings is 1. The highest BCUT2D eigenvalue weighted by molar-refractivity contribution is 7.91. The maximum absolute atomic E-state index is 12.9. The lowest BCUT2D eigenvalue weighted by Gasteiger charge is -2.29. The lowest BCUT2D eigenvalue weighted by Crippen LogP contribution is -2.45. The number of rotatable bonds is 7. The van der Waals surface area contributed by atoms with Gasteiger partial charge in [-0.15, -0.1) is 0 Å². The van der Waals surface area contributed by atoms with E-state index in [-0.39, 0.29) is 29.4 Å². The molecule has 9 heteroatoms. The maximum atomic E-state index is 12.9. The normalized spacial score (nSPS) is 17.2. The van der Waals surface area contributed by atoms with Crippen LogP contribution in [0.25, 0.3) is 16.7 Å². The number of sulfone groups is 1. The van der Waals surface area contributed by atoms with E-state index < -0.39 is 22.4 Å². The number of nitrogens with zero attached hydrogens (tertiary/aromatic N) is 3. The van der Waals surface area contributed by atoms with E-state index in [9.17, 15) is 18.0 Å².